The van der Waals surface area contributed by atoms with Crippen LogP contribution in [0, 0.1) is 6.92 Å². The number of benzene rings is 3. The summed E-state index contributed by atoms with van der Waals surface area (Å²) < 4.78 is 29.5. The highest BCUT2D eigenvalue weighted by Gasteiger charge is 2.35. The number of amides is 2. The third kappa shape index (κ3) is 8.18. The van der Waals surface area contributed by atoms with Crippen molar-refractivity contribution in [3.05, 3.63) is 94.5 Å². The quantitative estimate of drug-likeness (QED) is 0.244. The van der Waals surface area contributed by atoms with Gasteiger partial charge in [-0.05, 0) is 74.1 Å². The molecule has 230 valence electrons. The summed E-state index contributed by atoms with van der Waals surface area (Å²) in [6.07, 6.45) is 6.10. The van der Waals surface area contributed by atoms with Gasteiger partial charge >= 0.3 is 0 Å². The zero-order valence-corrected chi connectivity index (χ0v) is 26.8. The van der Waals surface area contributed by atoms with Gasteiger partial charge in [-0.3, -0.25) is 13.9 Å². The molecule has 4 rings (SSSR count). The molecule has 0 bridgehead atoms. The fraction of sp³-hybridized carbons (Fsp3) is 0.412. The molecule has 0 spiro atoms. The van der Waals surface area contributed by atoms with E-state index in [0.29, 0.717) is 23.6 Å². The Kier molecular flexibility index (Phi) is 11.3. The first-order chi connectivity index (χ1) is 20.6. The lowest BCUT2D eigenvalue weighted by molar-refractivity contribution is -0.140. The SMILES string of the molecule is CCc1ccccc1N(CC(=O)N(Cc1ccc(Cl)cc1)[C@H](CC)C(=O)NC1CCCCC1)S(=O)(=O)c1ccc(C)cc1. The van der Waals surface area contributed by atoms with Gasteiger partial charge in [0.2, 0.25) is 11.8 Å². The van der Waals surface area contributed by atoms with Crippen LogP contribution in [0.25, 0.3) is 0 Å². The molecular weight excluding hydrogens is 582 g/mol. The molecule has 1 saturated carbocycles. The van der Waals surface area contributed by atoms with E-state index in [0.717, 1.165) is 48.8 Å². The lowest BCUT2D eigenvalue weighted by Gasteiger charge is -2.35. The topological polar surface area (TPSA) is 86.8 Å². The molecule has 1 N–H and O–H groups in total. The molecule has 7 nitrogen and oxygen atoms in total. The molecule has 1 fully saturated rings. The molecule has 1 aliphatic carbocycles. The van der Waals surface area contributed by atoms with Crippen molar-refractivity contribution in [3.63, 3.8) is 0 Å². The molecule has 0 aliphatic heterocycles. The van der Waals surface area contributed by atoms with Crippen LogP contribution in [0.15, 0.2) is 77.7 Å². The zero-order valence-electron chi connectivity index (χ0n) is 25.3. The summed E-state index contributed by atoms with van der Waals surface area (Å²) in [5.41, 5.74) is 2.98. The van der Waals surface area contributed by atoms with Crippen molar-refractivity contribution in [3.8, 4) is 0 Å². The van der Waals surface area contributed by atoms with Crippen LogP contribution in [0.2, 0.25) is 5.02 Å². The number of sulfonamides is 1. The molecule has 9 heteroatoms. The molecule has 43 heavy (non-hydrogen) atoms. The molecule has 1 aliphatic rings. The third-order valence-electron chi connectivity index (χ3n) is 8.13. The van der Waals surface area contributed by atoms with Crippen LogP contribution in [0.1, 0.15) is 69.1 Å². The number of halogens is 1. The Morgan fingerprint density at radius 3 is 2.21 bits per heavy atom. The molecule has 0 heterocycles. The molecule has 3 aromatic carbocycles. The van der Waals surface area contributed by atoms with Crippen molar-refractivity contribution in [2.75, 3.05) is 10.8 Å². The van der Waals surface area contributed by atoms with Crippen LogP contribution in [-0.2, 0) is 32.6 Å². The van der Waals surface area contributed by atoms with Gasteiger partial charge in [-0.1, -0.05) is 92.7 Å². The summed E-state index contributed by atoms with van der Waals surface area (Å²) in [6, 6.07) is 20.3. The third-order valence-corrected chi connectivity index (χ3v) is 10.2. The zero-order chi connectivity index (χ0) is 31.0. The van der Waals surface area contributed by atoms with E-state index >= 15 is 0 Å². The average Bonchev–Trinajstić information content (AvgIpc) is 3.01. The minimum atomic E-state index is -4.12. The number of nitrogens with zero attached hydrogens (tertiary/aromatic N) is 2. The summed E-state index contributed by atoms with van der Waals surface area (Å²) in [5, 5.41) is 3.74. The van der Waals surface area contributed by atoms with E-state index in [-0.39, 0.29) is 23.4 Å². The van der Waals surface area contributed by atoms with E-state index in [1.807, 2.05) is 45.0 Å². The van der Waals surface area contributed by atoms with E-state index in [9.17, 15) is 18.0 Å². The standard InChI is InChI=1S/C34H42ClN3O4S/c1-4-27-11-9-10-14-32(27)38(43(41,42)30-21-15-25(3)16-22-30)24-33(39)37(23-26-17-19-28(35)20-18-26)31(5-2)34(40)36-29-12-7-6-8-13-29/h9-11,14-22,29,31H,4-8,12-13,23-24H2,1-3H3,(H,36,40)/t31-/m1/s1. The number of anilines is 1. The highest BCUT2D eigenvalue weighted by molar-refractivity contribution is 7.92. The van der Waals surface area contributed by atoms with E-state index in [1.165, 1.54) is 9.21 Å². The van der Waals surface area contributed by atoms with Crippen molar-refractivity contribution in [2.45, 2.75) is 89.2 Å². The minimum absolute atomic E-state index is 0.0811. The second kappa shape index (κ2) is 14.9. The maximum atomic E-state index is 14.3. The van der Waals surface area contributed by atoms with E-state index < -0.39 is 28.5 Å². The van der Waals surface area contributed by atoms with Crippen LogP contribution < -0.4 is 9.62 Å². The maximum absolute atomic E-state index is 14.3. The predicted molar refractivity (Wildman–Crippen MR) is 173 cm³/mol. The van der Waals surface area contributed by atoms with Gasteiger partial charge in [0.15, 0.2) is 0 Å². The Labute approximate surface area is 261 Å². The molecule has 0 aromatic heterocycles. The minimum Gasteiger partial charge on any atom is -0.352 e. The molecular formula is C34H42ClN3O4S. The first-order valence-corrected chi connectivity index (χ1v) is 17.0. The summed E-state index contributed by atoms with van der Waals surface area (Å²) in [5.74, 6) is -0.666. The van der Waals surface area contributed by atoms with Gasteiger partial charge in [0.25, 0.3) is 10.0 Å². The van der Waals surface area contributed by atoms with Crippen molar-refractivity contribution in [1.82, 2.24) is 10.2 Å². The Bertz CT molecular complexity index is 1490. The van der Waals surface area contributed by atoms with Crippen LogP contribution in [0.5, 0.6) is 0 Å². The van der Waals surface area contributed by atoms with E-state index in [4.69, 9.17) is 11.6 Å². The maximum Gasteiger partial charge on any atom is 0.264 e. The second-order valence-corrected chi connectivity index (χ2v) is 13.5. The van der Waals surface area contributed by atoms with Crippen LogP contribution in [0.3, 0.4) is 0 Å². The van der Waals surface area contributed by atoms with Crippen molar-refractivity contribution in [2.24, 2.45) is 0 Å². The lowest BCUT2D eigenvalue weighted by Crippen LogP contribution is -2.54. The first kappa shape index (κ1) is 32.6. The smallest absolute Gasteiger partial charge is 0.264 e. The Hall–Kier alpha value is -3.36. The van der Waals surface area contributed by atoms with E-state index in [2.05, 4.69) is 5.32 Å². The normalized spacial score (nSPS) is 14.6. The average molecular weight is 624 g/mol. The molecule has 0 saturated heterocycles. The number of rotatable bonds is 12. The number of para-hydroxylation sites is 1. The number of hydrogen-bond donors (Lipinski definition) is 1. The number of aryl methyl sites for hydroxylation is 2. The predicted octanol–water partition coefficient (Wildman–Crippen LogP) is 6.66. The summed E-state index contributed by atoms with van der Waals surface area (Å²) in [6.45, 7) is 5.41. The number of hydrogen-bond acceptors (Lipinski definition) is 4. The Morgan fingerprint density at radius 1 is 0.930 bits per heavy atom. The van der Waals surface area contributed by atoms with Gasteiger partial charge in [-0.25, -0.2) is 8.42 Å². The second-order valence-electron chi connectivity index (χ2n) is 11.2. The number of nitrogens with one attached hydrogen (secondary N) is 1. The summed E-state index contributed by atoms with van der Waals surface area (Å²) in [7, 11) is -4.12. The highest BCUT2D eigenvalue weighted by atomic mass is 35.5. The van der Waals surface area contributed by atoms with Gasteiger partial charge in [0.1, 0.15) is 12.6 Å². The first-order valence-electron chi connectivity index (χ1n) is 15.2. The lowest BCUT2D eigenvalue weighted by atomic mass is 9.95. The van der Waals surface area contributed by atoms with E-state index in [1.54, 1.807) is 48.5 Å². The van der Waals surface area contributed by atoms with Crippen molar-refractivity contribution in [1.29, 1.82) is 0 Å². The van der Waals surface area contributed by atoms with Crippen molar-refractivity contribution >= 4 is 39.1 Å². The van der Waals surface area contributed by atoms with Crippen LogP contribution in [-0.4, -0.2) is 43.8 Å². The molecule has 3 aromatic rings. The summed E-state index contributed by atoms with van der Waals surface area (Å²) in [4.78, 5) is 29.6. The van der Waals surface area contributed by atoms with Crippen LogP contribution >= 0.6 is 11.6 Å². The largest absolute Gasteiger partial charge is 0.352 e. The molecule has 2 amide bonds. The van der Waals surface area contributed by atoms with Crippen molar-refractivity contribution < 1.29 is 18.0 Å². The fourth-order valence-corrected chi connectivity index (χ4v) is 7.23. The van der Waals surface area contributed by atoms with Crippen LogP contribution in [0.4, 0.5) is 5.69 Å². The molecule has 0 unspecified atom stereocenters. The fourth-order valence-electron chi connectivity index (χ4n) is 5.65. The van der Waals surface area contributed by atoms with Gasteiger partial charge < -0.3 is 10.2 Å². The highest BCUT2D eigenvalue weighted by Crippen LogP contribution is 2.29. The summed E-state index contributed by atoms with van der Waals surface area (Å²) >= 11 is 6.12. The number of carbonyl (C=O) groups is 2. The number of carbonyl (C=O) groups excluding carboxylic acids is 2. The molecule has 1 atom stereocenters. The van der Waals surface area contributed by atoms with Gasteiger partial charge in [-0.15, -0.1) is 0 Å². The monoisotopic (exact) mass is 623 g/mol. The van der Waals surface area contributed by atoms with Gasteiger partial charge in [0.05, 0.1) is 10.6 Å². The Balaban J connectivity index is 1.73. The van der Waals surface area contributed by atoms with Gasteiger partial charge in [-0.2, -0.15) is 0 Å². The molecule has 0 radical (unpaired) electrons. The Morgan fingerprint density at radius 2 is 1.58 bits per heavy atom. The van der Waals surface area contributed by atoms with Gasteiger partial charge in [0, 0.05) is 17.6 Å².